The standard InChI is InChI=1S/C17H16O3.Zn/c1-11(2)19-17(18)13-7-5-9-16-14(13)10-12-6-3-4-8-15(12)20-16;/h3-9,11H,10H2,1-2H3;. The number of fused-ring (bicyclic) bond motifs is 2. The molecule has 1 aliphatic rings. The first-order valence-corrected chi connectivity index (χ1v) is 6.74. The summed E-state index contributed by atoms with van der Waals surface area (Å²) in [6.07, 6.45) is 0.560. The number of ether oxygens (including phenoxy) is 2. The van der Waals surface area contributed by atoms with Crippen molar-refractivity contribution in [2.45, 2.75) is 26.4 Å². The van der Waals surface area contributed by atoms with Crippen LogP contribution in [0.1, 0.15) is 35.3 Å². The van der Waals surface area contributed by atoms with Crippen molar-refractivity contribution in [3.63, 3.8) is 0 Å². The molecule has 0 saturated heterocycles. The van der Waals surface area contributed by atoms with E-state index < -0.39 is 0 Å². The fraction of sp³-hybridized carbons (Fsp3) is 0.235. The van der Waals surface area contributed by atoms with Crippen LogP contribution in [0.3, 0.4) is 0 Å². The molecule has 0 saturated carbocycles. The fourth-order valence-corrected chi connectivity index (χ4v) is 2.37. The zero-order valence-corrected chi connectivity index (χ0v) is 15.2. The van der Waals surface area contributed by atoms with Gasteiger partial charge in [-0.25, -0.2) is 4.79 Å². The Bertz CT molecular complexity index is 665. The molecule has 0 radical (unpaired) electrons. The molecule has 3 nitrogen and oxygen atoms in total. The minimum absolute atomic E-state index is 0. The van der Waals surface area contributed by atoms with Gasteiger partial charge in [-0.15, -0.1) is 0 Å². The van der Waals surface area contributed by atoms with Crippen LogP contribution >= 0.6 is 0 Å². The molecule has 0 atom stereocenters. The van der Waals surface area contributed by atoms with E-state index in [0.717, 1.165) is 22.6 Å². The first-order valence-electron chi connectivity index (χ1n) is 6.74. The Morgan fingerprint density at radius 2 is 1.81 bits per heavy atom. The van der Waals surface area contributed by atoms with Crippen molar-refractivity contribution in [3.05, 3.63) is 59.2 Å². The summed E-state index contributed by atoms with van der Waals surface area (Å²) < 4.78 is 11.2. The molecule has 0 fully saturated rings. The molecule has 0 amide bonds. The van der Waals surface area contributed by atoms with Crippen molar-refractivity contribution in [2.75, 3.05) is 0 Å². The SMILES string of the molecule is CC(C)OC(=O)c1cccc2c1Cc1ccccc1O2.[Zn]. The van der Waals surface area contributed by atoms with Crippen LogP contribution in [-0.4, -0.2) is 12.1 Å². The summed E-state index contributed by atoms with van der Waals surface area (Å²) in [5.41, 5.74) is 2.58. The van der Waals surface area contributed by atoms with E-state index in [-0.39, 0.29) is 31.6 Å². The van der Waals surface area contributed by atoms with Gasteiger partial charge in [0, 0.05) is 31.5 Å². The molecule has 104 valence electrons. The van der Waals surface area contributed by atoms with Crippen LogP contribution in [0.25, 0.3) is 0 Å². The van der Waals surface area contributed by atoms with Crippen LogP contribution in [0.15, 0.2) is 42.5 Å². The van der Waals surface area contributed by atoms with Crippen LogP contribution in [0.2, 0.25) is 0 Å². The van der Waals surface area contributed by atoms with Crippen molar-refractivity contribution in [2.24, 2.45) is 0 Å². The van der Waals surface area contributed by atoms with Gasteiger partial charge in [0.1, 0.15) is 11.5 Å². The molecule has 1 heterocycles. The summed E-state index contributed by atoms with van der Waals surface area (Å²) in [6, 6.07) is 13.4. The van der Waals surface area contributed by atoms with E-state index in [0.29, 0.717) is 12.0 Å². The maximum absolute atomic E-state index is 12.2. The fourth-order valence-electron chi connectivity index (χ4n) is 2.37. The van der Waals surface area contributed by atoms with Crippen LogP contribution in [0, 0.1) is 0 Å². The molecule has 0 aliphatic carbocycles. The zero-order chi connectivity index (χ0) is 14.1. The van der Waals surface area contributed by atoms with Crippen molar-refractivity contribution in [1.29, 1.82) is 0 Å². The van der Waals surface area contributed by atoms with Crippen LogP contribution in [0.4, 0.5) is 0 Å². The zero-order valence-electron chi connectivity index (χ0n) is 12.3. The number of benzene rings is 2. The summed E-state index contributed by atoms with van der Waals surface area (Å²) in [4.78, 5) is 12.2. The van der Waals surface area contributed by atoms with Crippen LogP contribution < -0.4 is 4.74 Å². The third kappa shape index (κ3) is 3.16. The Kier molecular flexibility index (Phi) is 4.79. The molecule has 0 aromatic heterocycles. The van der Waals surface area contributed by atoms with Gasteiger partial charge in [-0.3, -0.25) is 0 Å². The molecule has 0 unspecified atom stereocenters. The van der Waals surface area contributed by atoms with Gasteiger partial charge in [-0.1, -0.05) is 24.3 Å². The summed E-state index contributed by atoms with van der Waals surface area (Å²) >= 11 is 0. The number of rotatable bonds is 2. The molecule has 3 rings (SSSR count). The topological polar surface area (TPSA) is 35.5 Å². The second kappa shape index (κ2) is 6.40. The summed E-state index contributed by atoms with van der Waals surface area (Å²) in [6.45, 7) is 3.69. The molecular weight excluding hydrogens is 318 g/mol. The maximum Gasteiger partial charge on any atom is 0.338 e. The van der Waals surface area contributed by atoms with Crippen LogP contribution in [0.5, 0.6) is 11.5 Å². The van der Waals surface area contributed by atoms with E-state index in [1.165, 1.54) is 0 Å². The van der Waals surface area contributed by atoms with Crippen molar-refractivity contribution in [3.8, 4) is 11.5 Å². The van der Waals surface area contributed by atoms with Gasteiger partial charge in [-0.2, -0.15) is 0 Å². The van der Waals surface area contributed by atoms with E-state index in [9.17, 15) is 4.79 Å². The number of carbonyl (C=O) groups excluding carboxylic acids is 1. The minimum Gasteiger partial charge on any atom is -0.459 e. The largest absolute Gasteiger partial charge is 0.459 e. The number of carbonyl (C=O) groups is 1. The second-order valence-corrected chi connectivity index (χ2v) is 5.12. The minimum atomic E-state index is -0.292. The Hall–Kier alpha value is -1.67. The molecule has 4 heteroatoms. The summed E-state index contributed by atoms with van der Waals surface area (Å²) in [7, 11) is 0. The Labute approximate surface area is 137 Å². The monoisotopic (exact) mass is 332 g/mol. The predicted octanol–water partition coefficient (Wildman–Crippen LogP) is 3.95. The molecule has 2 aromatic carbocycles. The van der Waals surface area contributed by atoms with E-state index in [1.54, 1.807) is 6.07 Å². The maximum atomic E-state index is 12.2. The second-order valence-electron chi connectivity index (χ2n) is 5.12. The van der Waals surface area contributed by atoms with Gasteiger partial charge >= 0.3 is 5.97 Å². The van der Waals surface area contributed by atoms with E-state index >= 15 is 0 Å². The molecular formula is C17H16O3Zn. The van der Waals surface area contributed by atoms with Crippen molar-refractivity contribution >= 4 is 5.97 Å². The van der Waals surface area contributed by atoms with E-state index in [4.69, 9.17) is 9.47 Å². The van der Waals surface area contributed by atoms with Crippen molar-refractivity contribution in [1.82, 2.24) is 0 Å². The smallest absolute Gasteiger partial charge is 0.338 e. The Morgan fingerprint density at radius 3 is 2.57 bits per heavy atom. The number of para-hydroxylation sites is 1. The number of hydrogen-bond acceptors (Lipinski definition) is 3. The molecule has 1 aliphatic heterocycles. The summed E-state index contributed by atoms with van der Waals surface area (Å²) in [5.74, 6) is 1.30. The van der Waals surface area contributed by atoms with Gasteiger partial charge in [0.15, 0.2) is 0 Å². The first-order chi connectivity index (χ1) is 9.65. The number of esters is 1. The normalized spacial score (nSPS) is 11.8. The van der Waals surface area contributed by atoms with Gasteiger partial charge in [0.05, 0.1) is 11.7 Å². The quantitative estimate of drug-likeness (QED) is 0.526. The van der Waals surface area contributed by atoms with Gasteiger partial charge in [0.25, 0.3) is 0 Å². The third-order valence-corrected chi connectivity index (χ3v) is 3.26. The molecule has 0 bridgehead atoms. The molecule has 0 N–H and O–H groups in total. The number of hydrogen-bond donors (Lipinski definition) is 0. The van der Waals surface area contributed by atoms with Crippen molar-refractivity contribution < 1.29 is 33.7 Å². The van der Waals surface area contributed by atoms with Gasteiger partial charge < -0.3 is 9.47 Å². The molecule has 21 heavy (non-hydrogen) atoms. The van der Waals surface area contributed by atoms with Gasteiger partial charge in [-0.05, 0) is 37.6 Å². The predicted molar refractivity (Wildman–Crippen MR) is 76.3 cm³/mol. The average Bonchev–Trinajstić information content (AvgIpc) is 2.43. The van der Waals surface area contributed by atoms with Gasteiger partial charge in [0.2, 0.25) is 0 Å². The molecule has 0 spiro atoms. The van der Waals surface area contributed by atoms with Crippen LogP contribution in [-0.2, 0) is 30.6 Å². The van der Waals surface area contributed by atoms with E-state index in [1.807, 2.05) is 50.2 Å². The average molecular weight is 334 g/mol. The van der Waals surface area contributed by atoms with E-state index in [2.05, 4.69) is 0 Å². The third-order valence-electron chi connectivity index (χ3n) is 3.26. The first kappa shape index (κ1) is 15.7. The Balaban J connectivity index is 0.00000161. The summed E-state index contributed by atoms with van der Waals surface area (Å²) in [5, 5.41) is 0. The molecule has 2 aromatic rings. The Morgan fingerprint density at radius 1 is 1.10 bits per heavy atom.